The van der Waals surface area contributed by atoms with E-state index in [-0.39, 0.29) is 39.9 Å². The van der Waals surface area contributed by atoms with Gasteiger partial charge < -0.3 is 8.80 Å². The van der Waals surface area contributed by atoms with E-state index in [4.69, 9.17) is 0 Å². The van der Waals surface area contributed by atoms with Gasteiger partial charge in [0.15, 0.2) is 0 Å². The van der Waals surface area contributed by atoms with E-state index >= 15 is 0 Å². The van der Waals surface area contributed by atoms with Crippen molar-refractivity contribution >= 4 is 76.2 Å². The molecule has 0 amide bonds. The molecular weight excluding hydrogens is 907 g/mol. The topological polar surface area (TPSA) is 32.6 Å². The van der Waals surface area contributed by atoms with E-state index in [1.165, 1.54) is 160 Å². The van der Waals surface area contributed by atoms with Crippen LogP contribution in [-0.4, -0.2) is 8.80 Å². The summed E-state index contributed by atoms with van der Waals surface area (Å²) >= 11 is 0. The molecule has 0 fully saturated rings. The fourth-order valence-electron chi connectivity index (χ4n) is 16.0. The van der Waals surface area contributed by atoms with Crippen LogP contribution < -0.4 is 0 Å². The summed E-state index contributed by atoms with van der Waals surface area (Å²) < 4.78 is 5.31. The summed E-state index contributed by atoms with van der Waals surface area (Å²) in [5.74, 6) is 0.383. The van der Waals surface area contributed by atoms with Gasteiger partial charge in [-0.3, -0.25) is 0 Å². The standard InChI is InChI=1S/C72H57N3/c1-70(2,3)34-53-54(35-73)64-60-42-22-14-16-24-44(42)61(45-25-17-15-23-43(45)60)66(64)65-52-31-37(72(7,8)9)29-50-48-32-56-47(33-57(48)75(68(50)52)69(53)65)49-28-36(71(4,5)6)30-51-62-55(74(56)67(49)51)27-26-46-58-38-18-10-12-20-40(38)59(63(46)62)41-21-13-11-19-39(41)58/h10-33,58-61H,34H2,1-9H3. The van der Waals surface area contributed by atoms with Crippen molar-refractivity contribution in [3.8, 4) is 6.07 Å². The van der Waals surface area contributed by atoms with E-state index in [0.29, 0.717) is 0 Å². The van der Waals surface area contributed by atoms with E-state index < -0.39 is 0 Å². The van der Waals surface area contributed by atoms with Crippen LogP contribution in [0.25, 0.3) is 76.2 Å². The minimum absolute atomic E-state index is 0.00952. The highest BCUT2D eigenvalue weighted by atomic mass is 14.9. The predicted octanol–water partition coefficient (Wildman–Crippen LogP) is 18.0. The average molecular weight is 964 g/mol. The molecule has 4 aromatic heterocycles. The van der Waals surface area contributed by atoms with Crippen LogP contribution in [0.1, 0.15) is 175 Å². The molecule has 360 valence electrons. The quantitative estimate of drug-likeness (QED) is 0.161. The molecule has 9 aromatic carbocycles. The zero-order chi connectivity index (χ0) is 50.7. The van der Waals surface area contributed by atoms with Crippen LogP contribution in [0.4, 0.5) is 0 Å². The van der Waals surface area contributed by atoms with E-state index in [1.807, 2.05) is 0 Å². The number of hydrogen-bond acceptors (Lipinski definition) is 1. The molecule has 3 heteroatoms. The summed E-state index contributed by atoms with van der Waals surface area (Å²) in [4.78, 5) is 0. The molecule has 6 aliphatic rings. The van der Waals surface area contributed by atoms with Gasteiger partial charge in [0.1, 0.15) is 0 Å². The van der Waals surface area contributed by atoms with Gasteiger partial charge in [-0.1, -0.05) is 165 Å². The van der Waals surface area contributed by atoms with Crippen molar-refractivity contribution < 1.29 is 0 Å². The number of nitrogens with zero attached hydrogens (tertiary/aromatic N) is 3. The molecule has 0 saturated heterocycles. The molecule has 75 heavy (non-hydrogen) atoms. The fourth-order valence-corrected chi connectivity index (χ4v) is 16.0. The van der Waals surface area contributed by atoms with Crippen LogP contribution in [-0.2, 0) is 17.3 Å². The van der Waals surface area contributed by atoms with Crippen molar-refractivity contribution in [3.05, 3.63) is 235 Å². The third kappa shape index (κ3) is 5.04. The molecule has 0 atom stereocenters. The van der Waals surface area contributed by atoms with Crippen LogP contribution in [0.2, 0.25) is 0 Å². The Balaban J connectivity index is 1.06. The summed E-state index contributed by atoms with van der Waals surface area (Å²) in [5, 5.41) is 22.5. The number of fused-ring (bicyclic) bond motifs is 12. The molecule has 4 bridgehead atoms. The van der Waals surface area contributed by atoms with Gasteiger partial charge in [-0.05, 0) is 149 Å². The molecule has 0 radical (unpaired) electrons. The second kappa shape index (κ2) is 13.5. The maximum atomic E-state index is 11.9. The lowest BCUT2D eigenvalue weighted by atomic mass is 9.59. The summed E-state index contributed by atoms with van der Waals surface area (Å²) in [6, 6.07) is 60.0. The van der Waals surface area contributed by atoms with E-state index in [0.717, 1.165) is 12.0 Å². The van der Waals surface area contributed by atoms with Gasteiger partial charge in [0.25, 0.3) is 0 Å². The summed E-state index contributed by atoms with van der Waals surface area (Å²) in [6.45, 7) is 21.3. The van der Waals surface area contributed by atoms with Crippen molar-refractivity contribution in [2.45, 2.75) is 103 Å². The summed E-state index contributed by atoms with van der Waals surface area (Å²) in [7, 11) is 0. The van der Waals surface area contributed by atoms with Gasteiger partial charge in [-0.25, -0.2) is 0 Å². The second-order valence-electron chi connectivity index (χ2n) is 26.4. The highest BCUT2D eigenvalue weighted by Crippen LogP contribution is 2.62. The van der Waals surface area contributed by atoms with Crippen molar-refractivity contribution in [1.29, 1.82) is 5.26 Å². The lowest BCUT2D eigenvalue weighted by molar-refractivity contribution is 0.411. The largest absolute Gasteiger partial charge is 0.308 e. The Kier molecular flexibility index (Phi) is 7.62. The lowest BCUT2D eigenvalue weighted by Gasteiger charge is -2.43. The molecule has 19 rings (SSSR count). The molecule has 4 heterocycles. The van der Waals surface area contributed by atoms with Crippen molar-refractivity contribution in [2.75, 3.05) is 0 Å². The van der Waals surface area contributed by atoms with E-state index in [1.54, 1.807) is 0 Å². The number of hydrogen-bond donors (Lipinski definition) is 0. The van der Waals surface area contributed by atoms with E-state index in [9.17, 15) is 5.26 Å². The lowest BCUT2D eigenvalue weighted by Crippen LogP contribution is -2.29. The van der Waals surface area contributed by atoms with Crippen molar-refractivity contribution in [1.82, 2.24) is 8.80 Å². The Morgan fingerprint density at radius 1 is 0.387 bits per heavy atom. The highest BCUT2D eigenvalue weighted by Gasteiger charge is 2.47. The SMILES string of the molecule is CC(C)(C)Cc1c(C#N)c2c(c3c4cc(C(C)(C)C)cc5c6cc7c(cc6n(c13)c54)c1cc(C(C)(C)C)cc3c4c5c(ccc4n7c13)C1c3ccccc3C5c3ccccc31)C1c3ccccc3C2c2ccccc21. The first-order valence-corrected chi connectivity index (χ1v) is 27.4. The molecule has 3 nitrogen and oxygen atoms in total. The van der Waals surface area contributed by atoms with Crippen LogP contribution in [0.5, 0.6) is 0 Å². The minimum atomic E-state index is -0.115. The Morgan fingerprint density at radius 3 is 1.27 bits per heavy atom. The Morgan fingerprint density at radius 2 is 0.800 bits per heavy atom. The van der Waals surface area contributed by atoms with E-state index in [2.05, 4.69) is 223 Å². The third-order valence-corrected chi connectivity index (χ3v) is 19.0. The number of aromatic nitrogens is 2. The van der Waals surface area contributed by atoms with Crippen molar-refractivity contribution in [3.63, 3.8) is 0 Å². The molecule has 6 aliphatic carbocycles. The number of nitriles is 1. The van der Waals surface area contributed by atoms with Gasteiger partial charge in [0, 0.05) is 66.8 Å². The molecule has 0 N–H and O–H groups in total. The molecular formula is C72H57N3. The maximum Gasteiger partial charge on any atom is 0.0998 e. The Labute approximate surface area is 437 Å². The van der Waals surface area contributed by atoms with Crippen LogP contribution in [0.3, 0.4) is 0 Å². The van der Waals surface area contributed by atoms with Gasteiger partial charge in [-0.15, -0.1) is 0 Å². The maximum absolute atomic E-state index is 11.9. The second-order valence-corrected chi connectivity index (χ2v) is 26.4. The van der Waals surface area contributed by atoms with Crippen LogP contribution >= 0.6 is 0 Å². The first-order valence-electron chi connectivity index (χ1n) is 27.4. The van der Waals surface area contributed by atoms with Crippen LogP contribution in [0, 0.1) is 16.7 Å². The Bertz CT molecular complexity index is 4730. The summed E-state index contributed by atoms with van der Waals surface area (Å²) in [6.07, 6.45) is 0.783. The molecule has 0 saturated carbocycles. The van der Waals surface area contributed by atoms with Gasteiger partial charge in [0.2, 0.25) is 0 Å². The van der Waals surface area contributed by atoms with Crippen molar-refractivity contribution in [2.24, 2.45) is 5.41 Å². The van der Waals surface area contributed by atoms with Crippen LogP contribution in [0.15, 0.2) is 146 Å². The Hall–Kier alpha value is -7.93. The smallest absolute Gasteiger partial charge is 0.0998 e. The highest BCUT2D eigenvalue weighted by molar-refractivity contribution is 6.30. The third-order valence-electron chi connectivity index (χ3n) is 19.0. The molecule has 0 spiro atoms. The van der Waals surface area contributed by atoms with Gasteiger partial charge >= 0.3 is 0 Å². The fraction of sp³-hybridized carbons (Fsp3) is 0.236. The normalized spacial score (nSPS) is 18.5. The minimum Gasteiger partial charge on any atom is -0.308 e. The molecule has 0 unspecified atom stereocenters. The number of benzene rings is 9. The zero-order valence-corrected chi connectivity index (χ0v) is 44.2. The summed E-state index contributed by atoms with van der Waals surface area (Å²) in [5.41, 5.74) is 28.9. The molecule has 13 aromatic rings. The van der Waals surface area contributed by atoms with Gasteiger partial charge in [0.05, 0.1) is 44.7 Å². The first kappa shape index (κ1) is 42.4. The predicted molar refractivity (Wildman–Crippen MR) is 311 cm³/mol. The number of rotatable bonds is 1. The molecule has 0 aliphatic heterocycles. The monoisotopic (exact) mass is 963 g/mol. The first-order chi connectivity index (χ1) is 36.1. The van der Waals surface area contributed by atoms with Gasteiger partial charge in [-0.2, -0.15) is 5.26 Å². The average Bonchev–Trinajstić information content (AvgIpc) is 4.36. The zero-order valence-electron chi connectivity index (χ0n) is 44.2.